The lowest BCUT2D eigenvalue weighted by Gasteiger charge is -2.35. The van der Waals surface area contributed by atoms with Crippen LogP contribution in [0, 0.1) is 5.82 Å². The van der Waals surface area contributed by atoms with Crippen molar-refractivity contribution in [2.75, 3.05) is 26.6 Å². The molecule has 0 amide bonds. The summed E-state index contributed by atoms with van der Waals surface area (Å²) in [6, 6.07) is 9.40. The highest BCUT2D eigenvalue weighted by atomic mass is 19.1. The predicted octanol–water partition coefficient (Wildman–Crippen LogP) is 3.86. The Morgan fingerprint density at radius 1 is 1.00 bits per heavy atom. The Bertz CT molecular complexity index is 1250. The Morgan fingerprint density at radius 3 is 2.45 bits per heavy atom. The number of nitrogens with one attached hydrogen (secondary N) is 1. The van der Waals surface area contributed by atoms with Crippen molar-refractivity contribution in [3.05, 3.63) is 70.9 Å². The zero-order valence-electron chi connectivity index (χ0n) is 18.5. The Balaban J connectivity index is 1.64. The van der Waals surface area contributed by atoms with E-state index in [2.05, 4.69) is 15.4 Å². The van der Waals surface area contributed by atoms with Gasteiger partial charge in [-0.3, -0.25) is 4.79 Å². The molecule has 170 valence electrons. The Hall–Kier alpha value is -3.88. The van der Waals surface area contributed by atoms with E-state index in [4.69, 9.17) is 14.2 Å². The molecule has 2 heterocycles. The largest absolute Gasteiger partial charge is 0.493 e. The van der Waals surface area contributed by atoms with Crippen molar-refractivity contribution in [3.63, 3.8) is 0 Å². The lowest BCUT2D eigenvalue weighted by molar-refractivity contribution is -0.116. The van der Waals surface area contributed by atoms with E-state index in [1.54, 1.807) is 37.1 Å². The lowest BCUT2D eigenvalue weighted by Crippen LogP contribution is -2.33. The molecule has 9 heteroatoms. The van der Waals surface area contributed by atoms with Gasteiger partial charge in [0.15, 0.2) is 17.3 Å². The van der Waals surface area contributed by atoms with Gasteiger partial charge in [-0.15, -0.1) is 0 Å². The average molecular weight is 450 g/mol. The molecule has 0 spiro atoms. The molecule has 0 bridgehead atoms. The summed E-state index contributed by atoms with van der Waals surface area (Å²) < 4.78 is 31.8. The number of Topliss-reactive ketones (excluding diaryl/α,β-unsaturated/α-hetero) is 1. The number of hydrogen-bond donors (Lipinski definition) is 1. The van der Waals surface area contributed by atoms with Crippen molar-refractivity contribution >= 4 is 11.7 Å². The Labute approximate surface area is 190 Å². The molecule has 2 atom stereocenters. The van der Waals surface area contributed by atoms with Crippen LogP contribution in [-0.2, 0) is 4.79 Å². The molecule has 5 rings (SSSR count). The minimum absolute atomic E-state index is 0.0129. The fraction of sp³-hybridized carbons (Fsp3) is 0.292. The van der Waals surface area contributed by atoms with E-state index < -0.39 is 6.04 Å². The van der Waals surface area contributed by atoms with Gasteiger partial charge in [0.1, 0.15) is 18.2 Å². The van der Waals surface area contributed by atoms with E-state index in [1.165, 1.54) is 25.6 Å². The number of nitrogens with zero attached hydrogens (tertiary/aromatic N) is 3. The van der Waals surface area contributed by atoms with Crippen LogP contribution in [0.2, 0.25) is 0 Å². The summed E-state index contributed by atoms with van der Waals surface area (Å²) >= 11 is 0. The van der Waals surface area contributed by atoms with Crippen LogP contribution in [0.1, 0.15) is 35.9 Å². The van der Waals surface area contributed by atoms with E-state index in [0.717, 1.165) is 11.3 Å². The molecule has 2 aromatic carbocycles. The number of ketones is 1. The molecular weight excluding hydrogens is 427 g/mol. The van der Waals surface area contributed by atoms with Crippen molar-refractivity contribution in [2.24, 2.45) is 0 Å². The number of ether oxygens (including phenoxy) is 3. The van der Waals surface area contributed by atoms with Gasteiger partial charge < -0.3 is 19.5 Å². The molecule has 0 saturated carbocycles. The van der Waals surface area contributed by atoms with Crippen molar-refractivity contribution in [3.8, 4) is 17.2 Å². The molecule has 1 N–H and O–H groups in total. The Kier molecular flexibility index (Phi) is 5.24. The van der Waals surface area contributed by atoms with Crippen LogP contribution >= 0.6 is 0 Å². The summed E-state index contributed by atoms with van der Waals surface area (Å²) in [5.41, 5.74) is 3.02. The number of anilines is 1. The van der Waals surface area contributed by atoms with Crippen LogP contribution in [0.3, 0.4) is 0 Å². The molecule has 1 aliphatic carbocycles. The summed E-state index contributed by atoms with van der Waals surface area (Å²) in [7, 11) is 4.64. The van der Waals surface area contributed by atoms with E-state index in [0.29, 0.717) is 47.2 Å². The van der Waals surface area contributed by atoms with Crippen LogP contribution < -0.4 is 19.5 Å². The van der Waals surface area contributed by atoms with Crippen LogP contribution in [0.25, 0.3) is 0 Å². The smallest absolute Gasteiger partial charge is 0.226 e. The molecular formula is C24H23FN4O4. The fourth-order valence-electron chi connectivity index (χ4n) is 4.75. The minimum Gasteiger partial charge on any atom is -0.493 e. The number of allylic oxidation sites excluding steroid dienone is 2. The summed E-state index contributed by atoms with van der Waals surface area (Å²) in [4.78, 5) is 17.9. The van der Waals surface area contributed by atoms with Gasteiger partial charge in [-0.05, 0) is 42.2 Å². The number of fused-ring (bicyclic) bond motifs is 1. The first-order chi connectivity index (χ1) is 16.0. The predicted molar refractivity (Wildman–Crippen MR) is 118 cm³/mol. The normalized spacial score (nSPS) is 19.5. The number of hydrogen-bond acceptors (Lipinski definition) is 7. The minimum atomic E-state index is -0.546. The number of aromatic nitrogens is 3. The van der Waals surface area contributed by atoms with Crippen LogP contribution in [0.5, 0.6) is 17.2 Å². The van der Waals surface area contributed by atoms with E-state index in [1.807, 2.05) is 6.07 Å². The van der Waals surface area contributed by atoms with Gasteiger partial charge in [-0.1, -0.05) is 12.1 Å². The van der Waals surface area contributed by atoms with Gasteiger partial charge in [0, 0.05) is 23.3 Å². The van der Waals surface area contributed by atoms with Gasteiger partial charge >= 0.3 is 0 Å². The maximum atomic E-state index is 13.5. The van der Waals surface area contributed by atoms with Crippen molar-refractivity contribution in [2.45, 2.75) is 24.8 Å². The lowest BCUT2D eigenvalue weighted by atomic mass is 9.77. The van der Waals surface area contributed by atoms with Crippen LogP contribution in [0.4, 0.5) is 10.3 Å². The highest BCUT2D eigenvalue weighted by Crippen LogP contribution is 2.49. The number of carbonyl (C=O) groups is 1. The van der Waals surface area contributed by atoms with Crippen molar-refractivity contribution in [1.29, 1.82) is 0 Å². The first-order valence-corrected chi connectivity index (χ1v) is 10.5. The molecule has 2 aliphatic rings. The monoisotopic (exact) mass is 450 g/mol. The number of halogens is 1. The quantitative estimate of drug-likeness (QED) is 0.632. The summed E-state index contributed by atoms with van der Waals surface area (Å²) in [5, 5.41) is 7.67. The second-order valence-electron chi connectivity index (χ2n) is 7.95. The number of benzene rings is 2. The Morgan fingerprint density at radius 2 is 1.76 bits per heavy atom. The maximum Gasteiger partial charge on any atom is 0.226 e. The van der Waals surface area contributed by atoms with Gasteiger partial charge in [-0.2, -0.15) is 10.1 Å². The number of carbonyl (C=O) groups excluding carboxylic acids is 1. The average Bonchev–Trinajstić information content (AvgIpc) is 3.30. The standard InChI is InChI=1S/C24H23FN4O4/c1-31-19-9-8-16(22(32-2)23(19)33-3)21-20-17(28-24-26-12-27-29(21)24)10-14(11-18(20)30)13-4-6-15(25)7-5-13/h4-9,12,14,21H,10-11H2,1-3H3,(H,26,27,28)/t14-,21-/m0/s1. The molecule has 0 saturated heterocycles. The first kappa shape index (κ1) is 21.0. The molecule has 3 aromatic rings. The molecule has 0 unspecified atom stereocenters. The topological polar surface area (TPSA) is 87.5 Å². The van der Waals surface area contributed by atoms with E-state index >= 15 is 0 Å². The van der Waals surface area contributed by atoms with Crippen LogP contribution in [0.15, 0.2) is 54.0 Å². The summed E-state index contributed by atoms with van der Waals surface area (Å²) in [6.45, 7) is 0. The van der Waals surface area contributed by atoms with Crippen molar-refractivity contribution in [1.82, 2.24) is 14.8 Å². The van der Waals surface area contributed by atoms with Gasteiger partial charge in [-0.25, -0.2) is 9.07 Å². The summed E-state index contributed by atoms with van der Waals surface area (Å²) in [6.07, 6.45) is 2.34. The molecule has 33 heavy (non-hydrogen) atoms. The molecule has 1 aliphatic heterocycles. The number of rotatable bonds is 5. The van der Waals surface area contributed by atoms with Gasteiger partial charge in [0.05, 0.1) is 21.3 Å². The second kappa shape index (κ2) is 8.23. The molecule has 1 aromatic heterocycles. The van der Waals surface area contributed by atoms with E-state index in [-0.39, 0.29) is 17.5 Å². The third kappa shape index (κ3) is 3.40. The fourth-order valence-corrected chi connectivity index (χ4v) is 4.75. The SMILES string of the molecule is COc1ccc([C@H]2C3=C(C[C@H](c4ccc(F)cc4)CC3=O)Nc3ncnn32)c(OC)c1OC. The van der Waals surface area contributed by atoms with Gasteiger partial charge in [0.2, 0.25) is 11.7 Å². The third-order valence-corrected chi connectivity index (χ3v) is 6.23. The highest BCUT2D eigenvalue weighted by Gasteiger charge is 2.41. The maximum absolute atomic E-state index is 13.5. The summed E-state index contributed by atoms with van der Waals surface area (Å²) in [5.74, 6) is 1.57. The number of methoxy groups -OCH3 is 3. The zero-order valence-corrected chi connectivity index (χ0v) is 18.5. The highest BCUT2D eigenvalue weighted by molar-refractivity contribution is 6.00. The molecule has 0 radical (unpaired) electrons. The van der Waals surface area contributed by atoms with Crippen molar-refractivity contribution < 1.29 is 23.4 Å². The third-order valence-electron chi connectivity index (χ3n) is 6.23. The molecule has 0 fully saturated rings. The van der Waals surface area contributed by atoms with E-state index in [9.17, 15) is 9.18 Å². The van der Waals surface area contributed by atoms with Gasteiger partial charge in [0.25, 0.3) is 0 Å². The van der Waals surface area contributed by atoms with Crippen LogP contribution in [-0.4, -0.2) is 41.9 Å². The molecule has 8 nitrogen and oxygen atoms in total. The zero-order chi connectivity index (χ0) is 23.1. The second-order valence-corrected chi connectivity index (χ2v) is 7.95. The first-order valence-electron chi connectivity index (χ1n) is 10.5.